The van der Waals surface area contributed by atoms with Crippen molar-refractivity contribution < 1.29 is 13.2 Å². The largest absolute Gasteiger partial charge is 0.343 e. The lowest BCUT2D eigenvalue weighted by Gasteiger charge is -2.35. The topological polar surface area (TPSA) is 57.7 Å². The summed E-state index contributed by atoms with van der Waals surface area (Å²) in [6.45, 7) is 2.90. The van der Waals surface area contributed by atoms with E-state index >= 15 is 0 Å². The summed E-state index contributed by atoms with van der Waals surface area (Å²) < 4.78 is 26.8. The van der Waals surface area contributed by atoms with Crippen molar-refractivity contribution in [3.63, 3.8) is 0 Å². The SMILES string of the molecule is O=C(CCCS(=O)(=O)N1CCC2CCCC=C2C1)N1CCCCC1. The number of rotatable bonds is 5. The number of nitrogens with zero attached hydrogens (tertiary/aromatic N) is 2. The Kier molecular flexibility index (Phi) is 5.98. The summed E-state index contributed by atoms with van der Waals surface area (Å²) in [6.07, 6.45) is 10.9. The Hall–Kier alpha value is -0.880. The molecule has 2 heterocycles. The molecule has 0 aromatic carbocycles. The van der Waals surface area contributed by atoms with E-state index in [0.717, 1.165) is 38.8 Å². The van der Waals surface area contributed by atoms with Gasteiger partial charge in [0.2, 0.25) is 15.9 Å². The number of likely N-dealkylation sites (tertiary alicyclic amines) is 1. The van der Waals surface area contributed by atoms with Crippen molar-refractivity contribution in [1.82, 2.24) is 9.21 Å². The minimum atomic E-state index is -3.24. The van der Waals surface area contributed by atoms with Gasteiger partial charge in [0, 0.05) is 32.6 Å². The zero-order chi connectivity index (χ0) is 17.0. The Morgan fingerprint density at radius 2 is 1.88 bits per heavy atom. The third-order valence-corrected chi connectivity index (χ3v) is 7.57. The highest BCUT2D eigenvalue weighted by Gasteiger charge is 2.31. The molecule has 3 rings (SSSR count). The Morgan fingerprint density at radius 3 is 2.67 bits per heavy atom. The summed E-state index contributed by atoms with van der Waals surface area (Å²) in [5.74, 6) is 0.828. The summed E-state index contributed by atoms with van der Waals surface area (Å²) in [5.41, 5.74) is 1.32. The molecule has 136 valence electrons. The first kappa shape index (κ1) is 17.9. The molecule has 0 radical (unpaired) electrons. The fourth-order valence-electron chi connectivity index (χ4n) is 4.18. The van der Waals surface area contributed by atoms with Gasteiger partial charge in [-0.05, 0) is 57.3 Å². The first-order chi connectivity index (χ1) is 11.6. The van der Waals surface area contributed by atoms with Crippen LogP contribution in [0.25, 0.3) is 0 Å². The fraction of sp³-hybridized carbons (Fsp3) is 0.833. The predicted octanol–water partition coefficient (Wildman–Crippen LogP) is 2.54. The number of amides is 1. The Morgan fingerprint density at radius 1 is 1.08 bits per heavy atom. The van der Waals surface area contributed by atoms with E-state index in [-0.39, 0.29) is 11.7 Å². The lowest BCUT2D eigenvalue weighted by Crippen LogP contribution is -2.42. The maximum absolute atomic E-state index is 12.6. The van der Waals surface area contributed by atoms with Crippen molar-refractivity contribution in [3.8, 4) is 0 Å². The minimum absolute atomic E-state index is 0.102. The predicted molar refractivity (Wildman–Crippen MR) is 95.1 cm³/mol. The Balaban J connectivity index is 1.47. The summed E-state index contributed by atoms with van der Waals surface area (Å²) in [4.78, 5) is 14.1. The summed E-state index contributed by atoms with van der Waals surface area (Å²) >= 11 is 0. The van der Waals surface area contributed by atoms with Gasteiger partial charge in [-0.25, -0.2) is 8.42 Å². The molecular formula is C18H30N2O3S. The van der Waals surface area contributed by atoms with Gasteiger partial charge in [0.25, 0.3) is 0 Å². The molecular weight excluding hydrogens is 324 g/mol. The van der Waals surface area contributed by atoms with Crippen molar-refractivity contribution in [3.05, 3.63) is 11.6 Å². The first-order valence-corrected chi connectivity index (χ1v) is 11.1. The number of allylic oxidation sites excluding steroid dienone is 1. The highest BCUT2D eigenvalue weighted by Crippen LogP contribution is 2.33. The van der Waals surface area contributed by atoms with Gasteiger partial charge in [-0.2, -0.15) is 4.31 Å². The fourth-order valence-corrected chi connectivity index (χ4v) is 5.68. The van der Waals surface area contributed by atoms with Crippen LogP contribution in [0, 0.1) is 5.92 Å². The average Bonchev–Trinajstić information content (AvgIpc) is 2.62. The van der Waals surface area contributed by atoms with Crippen LogP contribution in [0.1, 0.15) is 57.8 Å². The monoisotopic (exact) mass is 354 g/mol. The van der Waals surface area contributed by atoms with Gasteiger partial charge >= 0.3 is 0 Å². The van der Waals surface area contributed by atoms with Gasteiger partial charge in [0.15, 0.2) is 0 Å². The van der Waals surface area contributed by atoms with Crippen LogP contribution in [0.2, 0.25) is 0 Å². The number of hydrogen-bond acceptors (Lipinski definition) is 3. The molecule has 0 spiro atoms. The van der Waals surface area contributed by atoms with Crippen LogP contribution in [0.5, 0.6) is 0 Å². The number of carbonyl (C=O) groups is 1. The van der Waals surface area contributed by atoms with Gasteiger partial charge in [-0.1, -0.05) is 11.6 Å². The number of carbonyl (C=O) groups excluding carboxylic acids is 1. The Bertz CT molecular complexity index is 579. The molecule has 1 atom stereocenters. The lowest BCUT2D eigenvalue weighted by molar-refractivity contribution is -0.132. The molecule has 1 amide bonds. The lowest BCUT2D eigenvalue weighted by atomic mass is 9.83. The normalized spacial score (nSPS) is 25.9. The molecule has 2 aliphatic heterocycles. The van der Waals surface area contributed by atoms with Crippen LogP contribution < -0.4 is 0 Å². The Labute approximate surface area is 146 Å². The highest BCUT2D eigenvalue weighted by atomic mass is 32.2. The van der Waals surface area contributed by atoms with Gasteiger partial charge < -0.3 is 4.90 Å². The van der Waals surface area contributed by atoms with E-state index < -0.39 is 10.0 Å². The van der Waals surface area contributed by atoms with Crippen LogP contribution in [0.4, 0.5) is 0 Å². The van der Waals surface area contributed by atoms with Crippen LogP contribution in [0.3, 0.4) is 0 Å². The molecule has 3 aliphatic rings. The second-order valence-corrected chi connectivity index (χ2v) is 9.48. The second kappa shape index (κ2) is 8.00. The molecule has 6 heteroatoms. The van der Waals surface area contributed by atoms with Crippen LogP contribution in [0.15, 0.2) is 11.6 Å². The van der Waals surface area contributed by atoms with E-state index in [0.29, 0.717) is 31.8 Å². The van der Waals surface area contributed by atoms with Crippen molar-refractivity contribution in [2.24, 2.45) is 5.92 Å². The molecule has 0 N–H and O–H groups in total. The van der Waals surface area contributed by atoms with Crippen LogP contribution in [-0.4, -0.2) is 55.5 Å². The highest BCUT2D eigenvalue weighted by molar-refractivity contribution is 7.89. The van der Waals surface area contributed by atoms with E-state index in [1.807, 2.05) is 4.90 Å². The molecule has 0 aromatic rings. The van der Waals surface area contributed by atoms with Crippen molar-refractivity contribution in [1.29, 1.82) is 0 Å². The van der Waals surface area contributed by atoms with E-state index in [4.69, 9.17) is 0 Å². The molecule has 2 fully saturated rings. The minimum Gasteiger partial charge on any atom is -0.343 e. The smallest absolute Gasteiger partial charge is 0.222 e. The molecule has 0 aromatic heterocycles. The van der Waals surface area contributed by atoms with Crippen molar-refractivity contribution >= 4 is 15.9 Å². The number of sulfonamides is 1. The summed E-state index contributed by atoms with van der Waals surface area (Å²) in [5, 5.41) is 0. The van der Waals surface area contributed by atoms with Crippen molar-refractivity contribution in [2.45, 2.75) is 57.8 Å². The average molecular weight is 355 g/mol. The van der Waals surface area contributed by atoms with Crippen LogP contribution >= 0.6 is 0 Å². The number of fused-ring (bicyclic) bond motifs is 1. The van der Waals surface area contributed by atoms with E-state index in [1.54, 1.807) is 4.31 Å². The molecule has 1 aliphatic carbocycles. The summed E-state index contributed by atoms with van der Waals surface area (Å²) in [7, 11) is -3.24. The third-order valence-electron chi connectivity index (χ3n) is 5.67. The molecule has 2 saturated heterocycles. The van der Waals surface area contributed by atoms with E-state index in [1.165, 1.54) is 24.8 Å². The first-order valence-electron chi connectivity index (χ1n) is 9.51. The molecule has 0 saturated carbocycles. The van der Waals surface area contributed by atoms with E-state index in [2.05, 4.69) is 6.08 Å². The molecule has 24 heavy (non-hydrogen) atoms. The van der Waals surface area contributed by atoms with Gasteiger partial charge in [-0.3, -0.25) is 4.79 Å². The maximum Gasteiger partial charge on any atom is 0.222 e. The number of hydrogen-bond donors (Lipinski definition) is 0. The quantitative estimate of drug-likeness (QED) is 0.713. The second-order valence-electron chi connectivity index (χ2n) is 7.39. The molecule has 1 unspecified atom stereocenters. The standard InChI is InChI=1S/C18H30N2O3S/c21-18(19-11-4-1-5-12-19)9-6-14-24(22,23)20-13-10-16-7-2-3-8-17(16)15-20/h8,16H,1-7,9-15H2. The zero-order valence-electron chi connectivity index (χ0n) is 14.6. The van der Waals surface area contributed by atoms with E-state index in [9.17, 15) is 13.2 Å². The maximum atomic E-state index is 12.6. The zero-order valence-corrected chi connectivity index (χ0v) is 15.4. The summed E-state index contributed by atoms with van der Waals surface area (Å²) in [6, 6.07) is 0. The third kappa shape index (κ3) is 4.39. The van der Waals surface area contributed by atoms with Gasteiger partial charge in [-0.15, -0.1) is 0 Å². The molecule has 0 bridgehead atoms. The number of piperidine rings is 2. The molecule has 5 nitrogen and oxygen atoms in total. The van der Waals surface area contributed by atoms with Crippen LogP contribution in [-0.2, 0) is 14.8 Å². The van der Waals surface area contributed by atoms with Gasteiger partial charge in [0.1, 0.15) is 0 Å². The van der Waals surface area contributed by atoms with Crippen molar-refractivity contribution in [2.75, 3.05) is 31.9 Å². The van der Waals surface area contributed by atoms with Gasteiger partial charge in [0.05, 0.1) is 5.75 Å².